The Morgan fingerprint density at radius 3 is 0.954 bits per heavy atom. The highest BCUT2D eigenvalue weighted by atomic mass is 16.5. The maximum absolute atomic E-state index is 8.70. The molecule has 0 aliphatic carbocycles. The third-order valence-electron chi connectivity index (χ3n) is 20.0. The molecule has 688 valence electrons. The van der Waals surface area contributed by atoms with Crippen molar-refractivity contribution < 1.29 is 52.3 Å². The molecule has 13 aromatic rings. The lowest BCUT2D eigenvalue weighted by Gasteiger charge is -2.26. The minimum absolute atomic E-state index is 0.144. The lowest BCUT2D eigenvalue weighted by molar-refractivity contribution is 0.382. The first kappa shape index (κ1) is 86.7. The Labute approximate surface area is 807 Å². The van der Waals surface area contributed by atoms with Gasteiger partial charge in [-0.1, -0.05) is 294 Å². The van der Waals surface area contributed by atoms with E-state index in [2.05, 4.69) is 201 Å². The van der Waals surface area contributed by atoms with Gasteiger partial charge in [-0.25, -0.2) is 0 Å². The zero-order chi connectivity index (χ0) is 109. The topological polar surface area (TPSA) is 146 Å². The summed E-state index contributed by atoms with van der Waals surface area (Å²) in [5, 5.41) is 25.9. The van der Waals surface area contributed by atoms with Crippen LogP contribution in [0, 0.1) is 40.9 Å². The molecule has 0 aliphatic heterocycles. The van der Waals surface area contributed by atoms with Gasteiger partial charge in [0, 0.05) is 76.0 Å². The second-order valence-electron chi connectivity index (χ2n) is 33.8. The minimum Gasteiger partial charge on any atom is -0.496 e. The molecule has 0 spiro atoms. The van der Waals surface area contributed by atoms with E-state index in [1.54, 1.807) is 57.7 Å². The van der Waals surface area contributed by atoms with Crippen LogP contribution in [-0.4, -0.2) is 63.6 Å². The Kier molecular flexibility index (Phi) is 37.9. The first-order valence-corrected chi connectivity index (χ1v) is 44.2. The third-order valence-corrected chi connectivity index (χ3v) is 20.0. The third kappa shape index (κ3) is 36.4. The standard InChI is InChI=1S/C22H22O2.2C15H16O.C13H22N2.C11H10N2.C11H17N.C11H16O2.C10H11N.C10H14O/c1-16(2)22-20(23-18-10-5-4-6-11-18)13-8-14-21(22)24-19-12-7-9-17(3)15-19;2*1-12(2)14-10-6-7-11-15(14)16-13-8-4-3-5-9-13;1-10(2)13-11(14(3)4)8-7-9-12(13)15(5)6;1-8(2)11-4-9(6-12)3-10(5-11)7-13;1-9(2)10-7-5-6-8-11(10)12(3)4;1-8(2)11-9(12-3)6-5-7-10(11)13-4;1-8(2)10-5-3-9(7-11)4-6-10;1-8(2)9-6-4-5-7-10(9)11-3/h4-16H,1-3H3;2*3-12H,1-2H3;7-10H,1-6H3;3-5,8H,1-2H3;5-9H,1-4H3;5-8H,1-4H3;3-6,8H,1-2H3;4-8H,1-3H3/i4D,5D,6D,7D,9D,10D,11D,12D,15D;3D,4D,5D,8D,9D;;;;;;;. The van der Waals surface area contributed by atoms with E-state index in [0.717, 1.165) is 51.0 Å². The second kappa shape index (κ2) is 57.3. The Bertz CT molecular complexity index is 6220. The van der Waals surface area contributed by atoms with Gasteiger partial charge in [-0.15, -0.1) is 0 Å². The molecule has 0 bridgehead atoms. The number of methoxy groups -OCH3 is 3. The Hall–Kier alpha value is -13.7. The van der Waals surface area contributed by atoms with E-state index in [1.165, 1.54) is 51.8 Å². The molecule has 13 aromatic carbocycles. The molecule has 131 heavy (non-hydrogen) atoms. The van der Waals surface area contributed by atoms with E-state index in [1.807, 2.05) is 187 Å². The maximum atomic E-state index is 8.70. The van der Waals surface area contributed by atoms with Crippen molar-refractivity contribution >= 4 is 17.1 Å². The van der Waals surface area contributed by atoms with Crippen molar-refractivity contribution in [1.82, 2.24) is 0 Å². The summed E-state index contributed by atoms with van der Waals surface area (Å²) in [6.45, 7) is 39.4. The van der Waals surface area contributed by atoms with Crippen molar-refractivity contribution in [3.8, 4) is 81.5 Å². The van der Waals surface area contributed by atoms with Gasteiger partial charge in [-0.3, -0.25) is 0 Å². The van der Waals surface area contributed by atoms with Crippen LogP contribution in [0.15, 0.2) is 309 Å². The van der Waals surface area contributed by atoms with E-state index in [0.29, 0.717) is 63.9 Å². The average molecular weight is 1770 g/mol. The average Bonchev–Trinajstić information content (AvgIpc) is 0.785. The summed E-state index contributed by atoms with van der Waals surface area (Å²) in [5.41, 5.74) is 16.2. The molecule has 0 atom stereocenters. The van der Waals surface area contributed by atoms with Crippen LogP contribution in [0.5, 0.6) is 63.2 Å². The summed E-state index contributed by atoms with van der Waals surface area (Å²) in [5.74, 6) is 8.34. The van der Waals surface area contributed by atoms with Crippen molar-refractivity contribution in [3.05, 3.63) is 381 Å². The lowest BCUT2D eigenvalue weighted by Crippen LogP contribution is -2.17. The predicted octanol–water partition coefficient (Wildman–Crippen LogP) is 32.6. The van der Waals surface area contributed by atoms with Crippen LogP contribution in [-0.2, 0) is 0 Å². The van der Waals surface area contributed by atoms with Crippen molar-refractivity contribution in [2.24, 2.45) is 0 Å². The molecule has 0 aromatic heterocycles. The van der Waals surface area contributed by atoms with Gasteiger partial charge in [0.05, 0.1) is 75.4 Å². The molecule has 0 aliphatic rings. The number of hydrogen-bond donors (Lipinski definition) is 0. The lowest BCUT2D eigenvalue weighted by atomic mass is 9.98. The summed E-state index contributed by atoms with van der Waals surface area (Å²) >= 11 is 0. The van der Waals surface area contributed by atoms with Crippen LogP contribution >= 0.6 is 0 Å². The zero-order valence-corrected chi connectivity index (χ0v) is 82.1. The SMILES string of the molecule is CC(C)c1c(N(C)C)cccc1N(C)C.CC(C)c1cc(C#N)cc(C#N)c1.CC(C)c1ccc(C#N)cc1.CC(C)c1ccccc1N(C)C.CC(C)c1ccccc1Oc1ccccc1.COc1cccc(OC)c1C(C)C.COc1ccccc1C(C)C.[2H]c1c([2H])c([2H])c(Oc2cccc(Oc3c([2H])c([2H])c([2H])c(C)c3[2H])c2C(C)C)c([2H])c1[2H].[2H]c1c([2H])c([2H])c(Oc2ccccc2C(C)C)c([2H])c1[2H]. The smallest absolute Gasteiger partial charge is 0.134 e. The molecule has 0 fully saturated rings. The molecule has 0 amide bonds. The van der Waals surface area contributed by atoms with Crippen LogP contribution in [0.25, 0.3) is 0 Å². The number of ether oxygens (including phenoxy) is 7. The number of para-hydroxylation sites is 7. The molecule has 0 saturated heterocycles. The first-order chi connectivity index (χ1) is 68.4. The molecule has 0 saturated carbocycles. The van der Waals surface area contributed by atoms with Crippen molar-refractivity contribution in [3.63, 3.8) is 0 Å². The zero-order valence-electron chi connectivity index (χ0n) is 96.1. The van der Waals surface area contributed by atoms with Gasteiger partial charge in [0.15, 0.2) is 0 Å². The summed E-state index contributed by atoms with van der Waals surface area (Å²) in [7, 11) is 17.6. The Morgan fingerprint density at radius 2 is 0.580 bits per heavy atom. The normalized spacial score (nSPS) is 11.8. The fourth-order valence-corrected chi connectivity index (χ4v) is 13.3. The van der Waals surface area contributed by atoms with Crippen molar-refractivity contribution in [2.45, 2.75) is 185 Å². The van der Waals surface area contributed by atoms with Gasteiger partial charge in [0.1, 0.15) is 63.2 Å². The van der Waals surface area contributed by atoms with Gasteiger partial charge in [-0.05, 0) is 239 Å². The predicted molar refractivity (Wildman–Crippen MR) is 552 cm³/mol. The highest BCUT2D eigenvalue weighted by Gasteiger charge is 2.19. The fraction of sp³-hybridized carbons (Fsp3) is 0.314. The number of nitrogens with zero attached hydrogens (tertiary/aromatic N) is 6. The van der Waals surface area contributed by atoms with E-state index in [9.17, 15) is 0 Å². The van der Waals surface area contributed by atoms with Gasteiger partial charge in [0.2, 0.25) is 0 Å². The van der Waals surface area contributed by atoms with Crippen LogP contribution in [0.1, 0.15) is 269 Å². The molecule has 13 heteroatoms. The van der Waals surface area contributed by atoms with E-state index < -0.39 is 48.3 Å². The van der Waals surface area contributed by atoms with Crippen LogP contribution in [0.3, 0.4) is 0 Å². The number of anilines is 3. The fourth-order valence-electron chi connectivity index (χ4n) is 13.3. The van der Waals surface area contributed by atoms with E-state index in [4.69, 9.17) is 68.1 Å². The molecule has 13 rings (SSSR count). The molecule has 0 N–H and O–H groups in total. The highest BCUT2D eigenvalue weighted by molar-refractivity contribution is 5.68. The minimum atomic E-state index is -0.524. The van der Waals surface area contributed by atoms with E-state index in [-0.39, 0.29) is 82.4 Å². The van der Waals surface area contributed by atoms with Crippen molar-refractivity contribution in [1.29, 1.82) is 15.8 Å². The summed E-state index contributed by atoms with van der Waals surface area (Å²) in [4.78, 5) is 6.53. The maximum Gasteiger partial charge on any atom is 0.134 e. The van der Waals surface area contributed by atoms with Crippen molar-refractivity contribution in [2.75, 3.05) is 78.3 Å². The summed E-state index contributed by atoms with van der Waals surface area (Å²) in [6, 6.07) is 72.7. The number of rotatable bonds is 23. The van der Waals surface area contributed by atoms with Crippen LogP contribution in [0.2, 0.25) is 0 Å². The summed E-state index contributed by atoms with van der Waals surface area (Å²) in [6.07, 6.45) is 0. The molecule has 13 nitrogen and oxygen atoms in total. The Balaban J connectivity index is 0.000000295. The largest absolute Gasteiger partial charge is 0.496 e. The number of benzene rings is 13. The molecular formula is C118H144N6O7. The second-order valence-corrected chi connectivity index (χ2v) is 33.8. The molecule has 0 radical (unpaired) electrons. The quantitative estimate of drug-likeness (QED) is 0.0599. The molecule has 0 unspecified atom stereocenters. The molecule has 0 heterocycles. The van der Waals surface area contributed by atoms with Crippen LogP contribution in [0.4, 0.5) is 17.1 Å². The number of nitriles is 3. The van der Waals surface area contributed by atoms with Gasteiger partial charge in [0.25, 0.3) is 0 Å². The van der Waals surface area contributed by atoms with Gasteiger partial charge >= 0.3 is 0 Å². The Morgan fingerprint density at radius 1 is 0.260 bits per heavy atom. The van der Waals surface area contributed by atoms with Crippen LogP contribution < -0.4 is 47.9 Å². The molecular weight excluding hydrogens is 1610 g/mol. The highest BCUT2D eigenvalue weighted by Crippen LogP contribution is 2.42. The van der Waals surface area contributed by atoms with Gasteiger partial charge in [-0.2, -0.15) is 15.8 Å². The summed E-state index contributed by atoms with van der Waals surface area (Å²) < 4.78 is 150. The van der Waals surface area contributed by atoms with E-state index >= 15 is 0 Å². The number of hydrogen-bond acceptors (Lipinski definition) is 13. The first-order valence-electron chi connectivity index (χ1n) is 51.2. The van der Waals surface area contributed by atoms with Gasteiger partial charge < -0.3 is 47.9 Å². The monoisotopic (exact) mass is 1770 g/mol.